The summed E-state index contributed by atoms with van der Waals surface area (Å²) in [7, 11) is 0. The lowest BCUT2D eigenvalue weighted by atomic mass is 9.92. The summed E-state index contributed by atoms with van der Waals surface area (Å²) >= 11 is 1.75. The molecule has 1 aromatic heterocycles. The van der Waals surface area contributed by atoms with Gasteiger partial charge in [-0.2, -0.15) is 0 Å². The minimum atomic E-state index is 0.397. The van der Waals surface area contributed by atoms with Crippen LogP contribution in [0.2, 0.25) is 0 Å². The Kier molecular flexibility index (Phi) is 4.99. The van der Waals surface area contributed by atoms with E-state index in [1.54, 1.807) is 11.3 Å². The summed E-state index contributed by atoms with van der Waals surface area (Å²) in [6.45, 7) is 4.58. The lowest BCUT2D eigenvalue weighted by Crippen LogP contribution is -2.35. The molecule has 0 aliphatic heterocycles. The van der Waals surface area contributed by atoms with Crippen LogP contribution in [-0.2, 0) is 0 Å². The van der Waals surface area contributed by atoms with Gasteiger partial charge >= 0.3 is 0 Å². The first-order valence-corrected chi connectivity index (χ1v) is 7.81. The second kappa shape index (κ2) is 6.50. The van der Waals surface area contributed by atoms with Crippen LogP contribution < -0.4 is 5.32 Å². The zero-order valence-electron chi connectivity index (χ0n) is 11.0. The fourth-order valence-electron chi connectivity index (χ4n) is 2.86. The summed E-state index contributed by atoms with van der Waals surface area (Å²) < 4.78 is 0. The molecule has 3 heteroatoms. The van der Waals surface area contributed by atoms with Crippen molar-refractivity contribution in [2.45, 2.75) is 64.5 Å². The highest BCUT2D eigenvalue weighted by molar-refractivity contribution is 7.09. The third-order valence-corrected chi connectivity index (χ3v) is 4.90. The maximum Gasteiger partial charge on any atom is 0.109 e. The number of rotatable bonds is 4. The highest BCUT2D eigenvalue weighted by Crippen LogP contribution is 2.27. The highest BCUT2D eigenvalue weighted by Gasteiger charge is 2.21. The second-order valence-corrected chi connectivity index (χ2v) is 6.23. The molecule has 2 rings (SSSR count). The van der Waals surface area contributed by atoms with E-state index in [4.69, 9.17) is 0 Å². The van der Waals surface area contributed by atoms with Gasteiger partial charge in [-0.3, -0.25) is 0 Å². The summed E-state index contributed by atoms with van der Waals surface area (Å²) in [6.07, 6.45) is 10.4. The Morgan fingerprint density at radius 2 is 1.94 bits per heavy atom. The molecule has 0 spiro atoms. The molecule has 1 aromatic rings. The first-order valence-electron chi connectivity index (χ1n) is 6.93. The molecule has 17 heavy (non-hydrogen) atoms. The van der Waals surface area contributed by atoms with Crippen LogP contribution in [0.25, 0.3) is 0 Å². The molecular weight excluding hydrogens is 228 g/mol. The molecule has 96 valence electrons. The third kappa shape index (κ3) is 3.78. The van der Waals surface area contributed by atoms with Crippen LogP contribution in [0, 0.1) is 5.92 Å². The van der Waals surface area contributed by atoms with Crippen molar-refractivity contribution in [2.75, 3.05) is 0 Å². The van der Waals surface area contributed by atoms with Crippen LogP contribution in [0.15, 0.2) is 11.6 Å². The van der Waals surface area contributed by atoms with Crippen molar-refractivity contribution in [3.05, 3.63) is 16.6 Å². The van der Waals surface area contributed by atoms with Crippen LogP contribution in [0.4, 0.5) is 0 Å². The lowest BCUT2D eigenvalue weighted by Gasteiger charge is -2.26. The highest BCUT2D eigenvalue weighted by atomic mass is 32.1. The van der Waals surface area contributed by atoms with Crippen molar-refractivity contribution in [3.63, 3.8) is 0 Å². The lowest BCUT2D eigenvalue weighted by molar-refractivity contribution is 0.316. The van der Waals surface area contributed by atoms with Crippen LogP contribution in [-0.4, -0.2) is 11.0 Å². The molecule has 0 radical (unpaired) electrons. The SMILES string of the molecule is CC(N[C@H](C)C1CCCCCC1)c1nccs1. The van der Waals surface area contributed by atoms with Crippen LogP contribution >= 0.6 is 11.3 Å². The minimum absolute atomic E-state index is 0.397. The second-order valence-electron chi connectivity index (χ2n) is 5.30. The van der Waals surface area contributed by atoms with Crippen LogP contribution in [0.5, 0.6) is 0 Å². The number of thiazole rings is 1. The zero-order chi connectivity index (χ0) is 12.1. The van der Waals surface area contributed by atoms with Gasteiger partial charge in [0.2, 0.25) is 0 Å². The summed E-state index contributed by atoms with van der Waals surface area (Å²) in [5, 5.41) is 7.00. The van der Waals surface area contributed by atoms with Gasteiger partial charge in [-0.1, -0.05) is 25.7 Å². The maximum absolute atomic E-state index is 4.39. The van der Waals surface area contributed by atoms with E-state index in [1.165, 1.54) is 43.5 Å². The predicted octanol–water partition coefficient (Wildman–Crippen LogP) is 4.15. The van der Waals surface area contributed by atoms with Gasteiger partial charge < -0.3 is 5.32 Å². The summed E-state index contributed by atoms with van der Waals surface area (Å²) in [6, 6.07) is 1.01. The van der Waals surface area contributed by atoms with Gasteiger partial charge in [-0.05, 0) is 32.6 Å². The molecule has 0 aromatic carbocycles. The largest absolute Gasteiger partial charge is 0.305 e. The van der Waals surface area contributed by atoms with Crippen molar-refractivity contribution < 1.29 is 0 Å². The van der Waals surface area contributed by atoms with Gasteiger partial charge in [0.15, 0.2) is 0 Å². The topological polar surface area (TPSA) is 24.9 Å². The molecule has 1 heterocycles. The summed E-state index contributed by atoms with van der Waals surface area (Å²) in [5.74, 6) is 0.861. The Balaban J connectivity index is 1.85. The smallest absolute Gasteiger partial charge is 0.109 e. The molecular formula is C14H24N2S. The Hall–Kier alpha value is -0.410. The van der Waals surface area contributed by atoms with E-state index in [-0.39, 0.29) is 0 Å². The van der Waals surface area contributed by atoms with Gasteiger partial charge in [0.25, 0.3) is 0 Å². The summed E-state index contributed by atoms with van der Waals surface area (Å²) in [4.78, 5) is 4.39. The predicted molar refractivity (Wildman–Crippen MR) is 74.3 cm³/mol. The van der Waals surface area contributed by atoms with Crippen LogP contribution in [0.3, 0.4) is 0 Å². The van der Waals surface area contributed by atoms with E-state index >= 15 is 0 Å². The number of nitrogens with one attached hydrogen (secondary N) is 1. The Bertz CT molecular complexity index is 302. The molecule has 0 saturated heterocycles. The van der Waals surface area contributed by atoms with Gasteiger partial charge in [0, 0.05) is 17.6 Å². The first-order chi connectivity index (χ1) is 8.27. The standard InChI is InChI=1S/C14H24N2S/c1-11(13-7-5-3-4-6-8-13)16-12(2)14-15-9-10-17-14/h9-13,16H,3-8H2,1-2H3/t11-,12?/m1/s1. The fraction of sp³-hybridized carbons (Fsp3) is 0.786. The van der Waals surface area contributed by atoms with Gasteiger partial charge in [-0.25, -0.2) is 4.98 Å². The maximum atomic E-state index is 4.39. The Morgan fingerprint density at radius 1 is 1.24 bits per heavy atom. The van der Waals surface area contributed by atoms with E-state index in [1.807, 2.05) is 6.20 Å². The number of hydrogen-bond acceptors (Lipinski definition) is 3. The Morgan fingerprint density at radius 3 is 2.53 bits per heavy atom. The summed E-state index contributed by atoms with van der Waals surface area (Å²) in [5.41, 5.74) is 0. The fourth-order valence-corrected chi connectivity index (χ4v) is 3.52. The van der Waals surface area contributed by atoms with Gasteiger partial charge in [0.05, 0.1) is 6.04 Å². The molecule has 1 fully saturated rings. The van der Waals surface area contributed by atoms with E-state index in [2.05, 4.69) is 29.5 Å². The zero-order valence-corrected chi connectivity index (χ0v) is 11.8. The average Bonchev–Trinajstić information content (AvgIpc) is 2.71. The number of hydrogen-bond donors (Lipinski definition) is 1. The monoisotopic (exact) mass is 252 g/mol. The van der Waals surface area contributed by atoms with Gasteiger partial charge in [-0.15, -0.1) is 11.3 Å². The van der Waals surface area contributed by atoms with Crippen LogP contribution in [0.1, 0.15) is 63.4 Å². The first kappa shape index (κ1) is 13.0. The molecule has 1 saturated carbocycles. The minimum Gasteiger partial charge on any atom is -0.305 e. The Labute approximate surface area is 109 Å². The van der Waals surface area contributed by atoms with E-state index in [0.717, 1.165) is 5.92 Å². The van der Waals surface area contributed by atoms with Crippen molar-refractivity contribution in [1.29, 1.82) is 0 Å². The molecule has 1 aliphatic carbocycles. The van der Waals surface area contributed by atoms with Crippen molar-refractivity contribution >= 4 is 11.3 Å². The molecule has 2 nitrogen and oxygen atoms in total. The van der Waals surface area contributed by atoms with E-state index in [9.17, 15) is 0 Å². The van der Waals surface area contributed by atoms with Crippen molar-refractivity contribution in [3.8, 4) is 0 Å². The molecule has 1 unspecified atom stereocenters. The van der Waals surface area contributed by atoms with E-state index < -0.39 is 0 Å². The molecule has 1 aliphatic rings. The number of aromatic nitrogens is 1. The quantitative estimate of drug-likeness (QED) is 0.814. The third-order valence-electron chi connectivity index (χ3n) is 3.94. The number of nitrogens with zero attached hydrogens (tertiary/aromatic N) is 1. The normalized spacial score (nSPS) is 22.0. The molecule has 0 bridgehead atoms. The van der Waals surface area contributed by atoms with E-state index in [0.29, 0.717) is 12.1 Å². The molecule has 2 atom stereocenters. The van der Waals surface area contributed by atoms with Gasteiger partial charge in [0.1, 0.15) is 5.01 Å². The average molecular weight is 252 g/mol. The molecule has 1 N–H and O–H groups in total. The van der Waals surface area contributed by atoms with Crippen molar-refractivity contribution in [1.82, 2.24) is 10.3 Å². The van der Waals surface area contributed by atoms with Crippen molar-refractivity contribution in [2.24, 2.45) is 5.92 Å². The molecule has 0 amide bonds.